The van der Waals surface area contributed by atoms with Crippen molar-refractivity contribution in [1.29, 1.82) is 0 Å². The Labute approximate surface area is 112 Å². The van der Waals surface area contributed by atoms with Crippen molar-refractivity contribution in [3.05, 3.63) is 50.9 Å². The summed E-state index contributed by atoms with van der Waals surface area (Å²) < 4.78 is 0.908. The maximum absolute atomic E-state index is 12.1. The van der Waals surface area contributed by atoms with Crippen LogP contribution in [0.3, 0.4) is 0 Å². The van der Waals surface area contributed by atoms with Gasteiger partial charge in [0.1, 0.15) is 5.01 Å². The van der Waals surface area contributed by atoms with Gasteiger partial charge in [-0.15, -0.1) is 11.3 Å². The average molecular weight is 311 g/mol. The molecule has 1 heterocycles. The molecule has 0 radical (unpaired) electrons. The smallest absolute Gasteiger partial charge is 0.254 e. The number of rotatable bonds is 3. The number of amides is 1. The van der Waals surface area contributed by atoms with Gasteiger partial charge in [-0.05, 0) is 18.2 Å². The first-order valence-corrected chi connectivity index (χ1v) is 6.73. The molecule has 0 saturated carbocycles. The quantitative estimate of drug-likeness (QED) is 0.872. The highest BCUT2D eigenvalue weighted by Crippen LogP contribution is 2.14. The van der Waals surface area contributed by atoms with Crippen molar-refractivity contribution in [2.75, 3.05) is 7.05 Å². The zero-order valence-electron chi connectivity index (χ0n) is 9.26. The summed E-state index contributed by atoms with van der Waals surface area (Å²) in [5.74, 6) is 0.00139. The van der Waals surface area contributed by atoms with E-state index in [1.807, 2.05) is 29.6 Å². The molecule has 2 rings (SSSR count). The lowest BCUT2D eigenvalue weighted by atomic mass is 10.2. The second-order valence-electron chi connectivity index (χ2n) is 3.60. The number of aromatic nitrogens is 1. The third kappa shape index (κ3) is 3.14. The van der Waals surface area contributed by atoms with Crippen LogP contribution in [0, 0.1) is 0 Å². The second-order valence-corrected chi connectivity index (χ2v) is 5.49. The van der Waals surface area contributed by atoms with Crippen LogP contribution >= 0.6 is 27.3 Å². The standard InChI is InChI=1S/C12H11BrN2OS/c1-15(8-11-14-5-6-17-11)12(16)9-3-2-4-10(13)7-9/h2-7H,8H2,1H3. The number of thiazole rings is 1. The number of nitrogens with zero attached hydrogens (tertiary/aromatic N) is 2. The van der Waals surface area contributed by atoms with E-state index in [9.17, 15) is 4.79 Å². The van der Waals surface area contributed by atoms with Gasteiger partial charge in [0, 0.05) is 28.7 Å². The van der Waals surface area contributed by atoms with Gasteiger partial charge in [-0.25, -0.2) is 4.98 Å². The average Bonchev–Trinajstić information content (AvgIpc) is 2.80. The van der Waals surface area contributed by atoms with Crippen LogP contribution in [0.4, 0.5) is 0 Å². The van der Waals surface area contributed by atoms with E-state index >= 15 is 0 Å². The molecule has 5 heteroatoms. The molecule has 0 saturated heterocycles. The van der Waals surface area contributed by atoms with E-state index in [1.165, 1.54) is 0 Å². The number of carbonyl (C=O) groups is 1. The molecular weight excluding hydrogens is 300 g/mol. The van der Waals surface area contributed by atoms with Crippen molar-refractivity contribution < 1.29 is 4.79 Å². The molecule has 0 aliphatic heterocycles. The minimum absolute atomic E-state index is 0.00139. The number of hydrogen-bond donors (Lipinski definition) is 0. The van der Waals surface area contributed by atoms with Crippen LogP contribution in [0.25, 0.3) is 0 Å². The Balaban J connectivity index is 2.09. The van der Waals surface area contributed by atoms with Crippen molar-refractivity contribution in [1.82, 2.24) is 9.88 Å². The first kappa shape index (κ1) is 12.3. The fourth-order valence-corrected chi connectivity index (χ4v) is 2.52. The molecule has 2 aromatic rings. The van der Waals surface area contributed by atoms with Gasteiger partial charge in [0.2, 0.25) is 0 Å². The van der Waals surface area contributed by atoms with Crippen LogP contribution in [-0.2, 0) is 6.54 Å². The Kier molecular flexibility index (Phi) is 3.91. The molecular formula is C12H11BrN2OS. The largest absolute Gasteiger partial charge is 0.335 e. The third-order valence-electron chi connectivity index (χ3n) is 2.27. The predicted octanol–water partition coefficient (Wildman–Crippen LogP) is 3.18. The Bertz CT molecular complexity index is 513. The maximum atomic E-state index is 12.1. The fraction of sp³-hybridized carbons (Fsp3) is 0.167. The van der Waals surface area contributed by atoms with E-state index in [1.54, 1.807) is 29.5 Å². The third-order valence-corrected chi connectivity index (χ3v) is 3.53. The first-order valence-electron chi connectivity index (χ1n) is 5.06. The molecule has 1 aromatic heterocycles. The Morgan fingerprint density at radius 3 is 3.00 bits per heavy atom. The minimum atomic E-state index is 0.00139. The van der Waals surface area contributed by atoms with Gasteiger partial charge in [0.25, 0.3) is 5.91 Å². The van der Waals surface area contributed by atoms with Gasteiger partial charge >= 0.3 is 0 Å². The highest BCUT2D eigenvalue weighted by Gasteiger charge is 2.12. The molecule has 1 aromatic carbocycles. The molecule has 0 atom stereocenters. The van der Waals surface area contributed by atoms with E-state index < -0.39 is 0 Å². The Hall–Kier alpha value is -1.20. The topological polar surface area (TPSA) is 33.2 Å². The van der Waals surface area contributed by atoms with Crippen LogP contribution in [0.15, 0.2) is 40.3 Å². The maximum Gasteiger partial charge on any atom is 0.254 e. The highest BCUT2D eigenvalue weighted by molar-refractivity contribution is 9.10. The molecule has 0 aliphatic rings. The second kappa shape index (κ2) is 5.42. The molecule has 0 aliphatic carbocycles. The van der Waals surface area contributed by atoms with E-state index in [0.717, 1.165) is 9.48 Å². The van der Waals surface area contributed by atoms with Gasteiger partial charge in [0.15, 0.2) is 0 Å². The number of halogens is 1. The molecule has 0 unspecified atom stereocenters. The summed E-state index contributed by atoms with van der Waals surface area (Å²) in [6.45, 7) is 0.545. The van der Waals surface area contributed by atoms with Crippen molar-refractivity contribution in [2.24, 2.45) is 0 Å². The van der Waals surface area contributed by atoms with Crippen LogP contribution in [-0.4, -0.2) is 22.8 Å². The zero-order valence-corrected chi connectivity index (χ0v) is 11.7. The fourth-order valence-electron chi connectivity index (χ4n) is 1.45. The van der Waals surface area contributed by atoms with Gasteiger partial charge in [-0.2, -0.15) is 0 Å². The molecule has 88 valence electrons. The summed E-state index contributed by atoms with van der Waals surface area (Å²) in [7, 11) is 1.78. The van der Waals surface area contributed by atoms with Crippen molar-refractivity contribution in [3.8, 4) is 0 Å². The summed E-state index contributed by atoms with van der Waals surface area (Å²) in [6.07, 6.45) is 1.75. The van der Waals surface area contributed by atoms with Gasteiger partial charge in [-0.1, -0.05) is 22.0 Å². The SMILES string of the molecule is CN(Cc1nccs1)C(=O)c1cccc(Br)c1. The molecule has 17 heavy (non-hydrogen) atoms. The first-order chi connectivity index (χ1) is 8.16. The Morgan fingerprint density at radius 1 is 1.53 bits per heavy atom. The molecule has 0 spiro atoms. The molecule has 1 amide bonds. The minimum Gasteiger partial charge on any atom is -0.335 e. The molecule has 0 bridgehead atoms. The van der Waals surface area contributed by atoms with Crippen LogP contribution < -0.4 is 0 Å². The molecule has 3 nitrogen and oxygen atoms in total. The zero-order chi connectivity index (χ0) is 12.3. The van der Waals surface area contributed by atoms with E-state index in [2.05, 4.69) is 20.9 Å². The van der Waals surface area contributed by atoms with E-state index in [-0.39, 0.29) is 5.91 Å². The summed E-state index contributed by atoms with van der Waals surface area (Å²) in [5.41, 5.74) is 0.679. The van der Waals surface area contributed by atoms with Crippen molar-refractivity contribution >= 4 is 33.2 Å². The number of carbonyl (C=O) groups excluding carboxylic acids is 1. The van der Waals surface area contributed by atoms with Crippen LogP contribution in [0.1, 0.15) is 15.4 Å². The number of hydrogen-bond acceptors (Lipinski definition) is 3. The summed E-state index contributed by atoms with van der Waals surface area (Å²) in [6, 6.07) is 7.39. The van der Waals surface area contributed by atoms with E-state index in [4.69, 9.17) is 0 Å². The summed E-state index contributed by atoms with van der Waals surface area (Å²) >= 11 is 4.91. The monoisotopic (exact) mass is 310 g/mol. The highest BCUT2D eigenvalue weighted by atomic mass is 79.9. The van der Waals surface area contributed by atoms with Crippen LogP contribution in [0.5, 0.6) is 0 Å². The Morgan fingerprint density at radius 2 is 2.35 bits per heavy atom. The predicted molar refractivity (Wildman–Crippen MR) is 72.1 cm³/mol. The molecule has 0 fully saturated rings. The van der Waals surface area contributed by atoms with Crippen LogP contribution in [0.2, 0.25) is 0 Å². The van der Waals surface area contributed by atoms with E-state index in [0.29, 0.717) is 12.1 Å². The van der Waals surface area contributed by atoms with Gasteiger partial charge in [0.05, 0.1) is 6.54 Å². The van der Waals surface area contributed by atoms with Gasteiger partial charge < -0.3 is 4.90 Å². The van der Waals surface area contributed by atoms with Crippen molar-refractivity contribution in [3.63, 3.8) is 0 Å². The lowest BCUT2D eigenvalue weighted by Crippen LogP contribution is -2.26. The summed E-state index contributed by atoms with van der Waals surface area (Å²) in [4.78, 5) is 17.9. The number of benzene rings is 1. The van der Waals surface area contributed by atoms with Gasteiger partial charge in [-0.3, -0.25) is 4.79 Å². The summed E-state index contributed by atoms with van der Waals surface area (Å²) in [5, 5.41) is 2.85. The normalized spacial score (nSPS) is 10.2. The van der Waals surface area contributed by atoms with Crippen molar-refractivity contribution in [2.45, 2.75) is 6.54 Å². The lowest BCUT2D eigenvalue weighted by Gasteiger charge is -2.15. The molecule has 0 N–H and O–H groups in total. The lowest BCUT2D eigenvalue weighted by molar-refractivity contribution is 0.0785.